The van der Waals surface area contributed by atoms with Crippen LogP contribution in [0.25, 0.3) is 0 Å². The van der Waals surface area contributed by atoms with Gasteiger partial charge in [0.15, 0.2) is 5.16 Å². The second-order valence-corrected chi connectivity index (χ2v) is 9.13. The van der Waals surface area contributed by atoms with Crippen molar-refractivity contribution < 1.29 is 9.53 Å². The molecule has 32 heavy (non-hydrogen) atoms. The van der Waals surface area contributed by atoms with E-state index in [0.29, 0.717) is 11.5 Å². The van der Waals surface area contributed by atoms with Crippen LogP contribution >= 0.6 is 11.8 Å². The summed E-state index contributed by atoms with van der Waals surface area (Å²) in [5, 5.41) is 12.8. The quantitative estimate of drug-likeness (QED) is 0.515. The molecule has 0 radical (unpaired) electrons. The van der Waals surface area contributed by atoms with Gasteiger partial charge in [0.05, 0.1) is 13.2 Å². The molecule has 1 aliphatic rings. The number of anilines is 2. The first kappa shape index (κ1) is 22.4. The Bertz CT molecular complexity index is 1010. The van der Waals surface area contributed by atoms with Gasteiger partial charge in [-0.25, -0.2) is 0 Å². The first-order valence-electron chi connectivity index (χ1n) is 10.9. The van der Waals surface area contributed by atoms with Gasteiger partial charge in [0.2, 0.25) is 5.95 Å². The summed E-state index contributed by atoms with van der Waals surface area (Å²) >= 11 is 1.67. The summed E-state index contributed by atoms with van der Waals surface area (Å²) < 4.78 is 7.71. The van der Waals surface area contributed by atoms with Crippen molar-refractivity contribution in [2.24, 2.45) is 5.92 Å². The normalized spacial score (nSPS) is 14.0. The fraction of sp³-hybridized carbons (Fsp3) is 0.375. The third-order valence-electron chi connectivity index (χ3n) is 5.15. The van der Waals surface area contributed by atoms with Gasteiger partial charge in [0.25, 0.3) is 5.91 Å². The molecular formula is C24H29N5O2S. The minimum atomic E-state index is -0.109. The Morgan fingerprint density at radius 3 is 2.47 bits per heavy atom. The Hall–Kier alpha value is -2.84. The number of hydrogen-bond acceptors (Lipinski definition) is 6. The van der Waals surface area contributed by atoms with Crippen molar-refractivity contribution in [3.05, 3.63) is 65.7 Å². The molecule has 168 valence electrons. The molecule has 3 aromatic rings. The van der Waals surface area contributed by atoms with E-state index in [4.69, 9.17) is 4.74 Å². The lowest BCUT2D eigenvalue weighted by atomic mass is 10.1. The highest BCUT2D eigenvalue weighted by Crippen LogP contribution is 2.27. The monoisotopic (exact) mass is 451 g/mol. The smallest absolute Gasteiger partial charge is 0.255 e. The zero-order chi connectivity index (χ0) is 22.3. The summed E-state index contributed by atoms with van der Waals surface area (Å²) in [5.74, 6) is 2.08. The average Bonchev–Trinajstić information content (AvgIpc) is 3.21. The predicted octanol–water partition coefficient (Wildman–Crippen LogP) is 4.32. The molecule has 0 aliphatic carbocycles. The summed E-state index contributed by atoms with van der Waals surface area (Å²) in [4.78, 5) is 14.7. The average molecular weight is 452 g/mol. The second kappa shape index (κ2) is 10.7. The van der Waals surface area contributed by atoms with Crippen LogP contribution in [0.2, 0.25) is 0 Å². The Labute approximate surface area is 193 Å². The second-order valence-electron chi connectivity index (χ2n) is 8.19. The fourth-order valence-electron chi connectivity index (χ4n) is 3.53. The number of ether oxygens (including phenoxy) is 1. The highest BCUT2D eigenvalue weighted by molar-refractivity contribution is 7.98. The van der Waals surface area contributed by atoms with Gasteiger partial charge in [-0.05, 0) is 35.7 Å². The van der Waals surface area contributed by atoms with Crippen LogP contribution < -0.4 is 10.2 Å². The molecule has 0 bridgehead atoms. The molecule has 1 aliphatic heterocycles. The molecule has 2 aromatic carbocycles. The van der Waals surface area contributed by atoms with E-state index in [1.807, 2.05) is 54.6 Å². The lowest BCUT2D eigenvalue weighted by Gasteiger charge is -2.28. The molecule has 4 rings (SSSR count). The van der Waals surface area contributed by atoms with Crippen LogP contribution in [0, 0.1) is 5.92 Å². The molecule has 1 saturated heterocycles. The van der Waals surface area contributed by atoms with Crippen LogP contribution in [0.15, 0.2) is 59.8 Å². The summed E-state index contributed by atoms with van der Waals surface area (Å²) in [5.41, 5.74) is 2.57. The van der Waals surface area contributed by atoms with Crippen LogP contribution in [0.3, 0.4) is 0 Å². The minimum absolute atomic E-state index is 0.109. The van der Waals surface area contributed by atoms with E-state index in [1.54, 1.807) is 11.8 Å². The first-order valence-corrected chi connectivity index (χ1v) is 11.9. The molecule has 2 heterocycles. The number of aromatic nitrogens is 3. The Morgan fingerprint density at radius 1 is 1.06 bits per heavy atom. The molecule has 0 atom stereocenters. The molecule has 1 fully saturated rings. The maximum Gasteiger partial charge on any atom is 0.255 e. The standard InChI is InChI=1S/C24H29N5O2S/c1-18(2)16-29-23(28-12-14-31-15-13-28)26-27-24(29)32-17-19-8-10-20(11-9-19)22(30)25-21-6-4-3-5-7-21/h3-11,18H,12-17H2,1-2H3,(H,25,30). The number of rotatable bonds is 8. The van der Waals surface area contributed by atoms with Crippen molar-refractivity contribution in [3.63, 3.8) is 0 Å². The third kappa shape index (κ3) is 5.69. The first-order chi connectivity index (χ1) is 15.6. The van der Waals surface area contributed by atoms with E-state index in [0.717, 1.165) is 61.0 Å². The number of para-hydroxylation sites is 1. The number of hydrogen-bond donors (Lipinski definition) is 1. The molecule has 8 heteroatoms. The van der Waals surface area contributed by atoms with Crippen LogP contribution in [-0.4, -0.2) is 47.0 Å². The van der Waals surface area contributed by atoms with E-state index >= 15 is 0 Å². The molecule has 1 N–H and O–H groups in total. The Morgan fingerprint density at radius 2 is 1.78 bits per heavy atom. The van der Waals surface area contributed by atoms with E-state index in [-0.39, 0.29) is 5.91 Å². The van der Waals surface area contributed by atoms with Gasteiger partial charge in [0, 0.05) is 36.6 Å². The van der Waals surface area contributed by atoms with Crippen LogP contribution in [0.5, 0.6) is 0 Å². The highest BCUT2D eigenvalue weighted by Gasteiger charge is 2.21. The number of carbonyl (C=O) groups is 1. The number of morpholine rings is 1. The van der Waals surface area contributed by atoms with Crippen molar-refractivity contribution in [3.8, 4) is 0 Å². The van der Waals surface area contributed by atoms with E-state index in [9.17, 15) is 4.79 Å². The number of carbonyl (C=O) groups excluding carboxylic acids is 1. The van der Waals surface area contributed by atoms with Gasteiger partial charge >= 0.3 is 0 Å². The van der Waals surface area contributed by atoms with Crippen LogP contribution in [0.4, 0.5) is 11.6 Å². The fourth-order valence-corrected chi connectivity index (χ4v) is 4.43. The largest absolute Gasteiger partial charge is 0.378 e. The van der Waals surface area contributed by atoms with Gasteiger partial charge in [-0.1, -0.05) is 55.9 Å². The van der Waals surface area contributed by atoms with Crippen molar-refractivity contribution in [1.29, 1.82) is 0 Å². The number of benzene rings is 2. The molecule has 7 nitrogen and oxygen atoms in total. The Kier molecular flexibility index (Phi) is 7.44. The summed E-state index contributed by atoms with van der Waals surface area (Å²) in [6.45, 7) is 8.41. The molecular weight excluding hydrogens is 422 g/mol. The lowest BCUT2D eigenvalue weighted by molar-refractivity contribution is 0.102. The van der Waals surface area contributed by atoms with E-state index < -0.39 is 0 Å². The van der Waals surface area contributed by atoms with E-state index in [2.05, 4.69) is 38.8 Å². The SMILES string of the molecule is CC(C)Cn1c(SCc2ccc(C(=O)Nc3ccccc3)cc2)nnc1N1CCOCC1. The summed E-state index contributed by atoms with van der Waals surface area (Å²) in [6, 6.07) is 17.2. The molecule has 1 aromatic heterocycles. The van der Waals surface area contributed by atoms with Gasteiger partial charge in [-0.15, -0.1) is 10.2 Å². The van der Waals surface area contributed by atoms with Gasteiger partial charge in [-0.3, -0.25) is 9.36 Å². The summed E-state index contributed by atoms with van der Waals surface area (Å²) in [6.07, 6.45) is 0. The van der Waals surface area contributed by atoms with Crippen LogP contribution in [0.1, 0.15) is 29.8 Å². The number of thioether (sulfide) groups is 1. The van der Waals surface area contributed by atoms with Gasteiger partial charge in [0.1, 0.15) is 0 Å². The molecule has 0 unspecified atom stereocenters. The maximum absolute atomic E-state index is 12.5. The van der Waals surface area contributed by atoms with Gasteiger partial charge in [-0.2, -0.15) is 0 Å². The van der Waals surface area contributed by atoms with Crippen molar-refractivity contribution in [2.45, 2.75) is 31.3 Å². The topological polar surface area (TPSA) is 72.3 Å². The van der Waals surface area contributed by atoms with E-state index in [1.165, 1.54) is 0 Å². The number of nitrogens with zero attached hydrogens (tertiary/aromatic N) is 4. The Balaban J connectivity index is 1.40. The molecule has 1 amide bonds. The maximum atomic E-state index is 12.5. The minimum Gasteiger partial charge on any atom is -0.378 e. The number of amides is 1. The van der Waals surface area contributed by atoms with Crippen LogP contribution in [-0.2, 0) is 17.0 Å². The zero-order valence-electron chi connectivity index (χ0n) is 18.5. The zero-order valence-corrected chi connectivity index (χ0v) is 19.3. The highest BCUT2D eigenvalue weighted by atomic mass is 32.2. The lowest BCUT2D eigenvalue weighted by Crippen LogP contribution is -2.38. The summed E-state index contributed by atoms with van der Waals surface area (Å²) in [7, 11) is 0. The van der Waals surface area contributed by atoms with Crippen molar-refractivity contribution in [1.82, 2.24) is 14.8 Å². The number of nitrogens with one attached hydrogen (secondary N) is 1. The van der Waals surface area contributed by atoms with Gasteiger partial charge < -0.3 is 15.0 Å². The van der Waals surface area contributed by atoms with Crippen molar-refractivity contribution >= 4 is 29.3 Å². The predicted molar refractivity (Wildman–Crippen MR) is 128 cm³/mol. The third-order valence-corrected chi connectivity index (χ3v) is 6.19. The molecule has 0 spiro atoms. The molecule has 0 saturated carbocycles. The van der Waals surface area contributed by atoms with Crippen molar-refractivity contribution in [2.75, 3.05) is 36.5 Å².